The number of hydrogen-bond acceptors (Lipinski definition) is 3. The van der Waals surface area contributed by atoms with Crippen LogP contribution in [0.1, 0.15) is 21.5 Å². The maximum absolute atomic E-state index is 12.3. The number of rotatable bonds is 7. The predicted molar refractivity (Wildman–Crippen MR) is 125 cm³/mol. The number of benzene rings is 3. The summed E-state index contributed by atoms with van der Waals surface area (Å²) >= 11 is 6.85. The van der Waals surface area contributed by atoms with Crippen LogP contribution < -0.4 is 15.4 Å². The molecule has 3 rings (SSSR count). The van der Waals surface area contributed by atoms with Crippen LogP contribution in [-0.2, 0) is 11.3 Å². The van der Waals surface area contributed by atoms with Gasteiger partial charge in [-0.1, -0.05) is 46.3 Å². The molecular formula is C23H20Br2N2O3. The van der Waals surface area contributed by atoms with E-state index in [1.807, 2.05) is 49.4 Å². The summed E-state index contributed by atoms with van der Waals surface area (Å²) in [5.74, 6) is 0.167. The van der Waals surface area contributed by atoms with Crippen LogP contribution in [0.5, 0.6) is 5.75 Å². The minimum atomic E-state index is -0.287. The molecule has 30 heavy (non-hydrogen) atoms. The number of aryl methyl sites for hydroxylation is 1. The van der Waals surface area contributed by atoms with Crippen LogP contribution in [0.3, 0.4) is 0 Å². The van der Waals surface area contributed by atoms with Gasteiger partial charge < -0.3 is 15.4 Å². The first-order valence-corrected chi connectivity index (χ1v) is 10.8. The largest absolute Gasteiger partial charge is 0.482 e. The summed E-state index contributed by atoms with van der Waals surface area (Å²) in [6, 6.07) is 20.2. The Hall–Kier alpha value is -2.64. The summed E-state index contributed by atoms with van der Waals surface area (Å²) in [5, 5.41) is 5.64. The van der Waals surface area contributed by atoms with Crippen molar-refractivity contribution in [2.45, 2.75) is 13.5 Å². The molecule has 2 N–H and O–H groups in total. The zero-order chi connectivity index (χ0) is 21.5. The van der Waals surface area contributed by atoms with E-state index in [4.69, 9.17) is 4.74 Å². The summed E-state index contributed by atoms with van der Waals surface area (Å²) in [7, 11) is 0. The quantitative estimate of drug-likeness (QED) is 0.425. The van der Waals surface area contributed by atoms with Gasteiger partial charge in [0.05, 0.1) is 4.47 Å². The Balaban J connectivity index is 1.51. The number of carbonyl (C=O) groups excluding carboxylic acids is 2. The summed E-state index contributed by atoms with van der Waals surface area (Å²) < 4.78 is 7.35. The lowest BCUT2D eigenvalue weighted by Gasteiger charge is -2.12. The lowest BCUT2D eigenvalue weighted by Crippen LogP contribution is -2.23. The molecule has 154 valence electrons. The highest BCUT2D eigenvalue weighted by atomic mass is 79.9. The second-order valence-corrected chi connectivity index (χ2v) is 8.39. The zero-order valence-corrected chi connectivity index (χ0v) is 19.4. The number of hydrogen-bond donors (Lipinski definition) is 2. The summed E-state index contributed by atoms with van der Waals surface area (Å²) in [4.78, 5) is 24.5. The first-order chi connectivity index (χ1) is 14.4. The van der Waals surface area contributed by atoms with E-state index in [-0.39, 0.29) is 18.4 Å². The molecule has 3 aromatic carbocycles. The molecule has 7 heteroatoms. The fourth-order valence-corrected chi connectivity index (χ4v) is 4.35. The van der Waals surface area contributed by atoms with Crippen LogP contribution in [0.4, 0.5) is 5.69 Å². The Morgan fingerprint density at radius 2 is 1.67 bits per heavy atom. The first-order valence-electron chi connectivity index (χ1n) is 9.23. The predicted octanol–water partition coefficient (Wildman–Crippen LogP) is 5.47. The smallest absolute Gasteiger partial charge is 0.262 e. The summed E-state index contributed by atoms with van der Waals surface area (Å²) in [6.45, 7) is 2.24. The Kier molecular flexibility index (Phi) is 7.65. The average Bonchev–Trinajstić information content (AvgIpc) is 2.72. The van der Waals surface area contributed by atoms with Crippen molar-refractivity contribution in [2.24, 2.45) is 0 Å². The topological polar surface area (TPSA) is 67.4 Å². The number of ether oxygens (including phenoxy) is 1. The van der Waals surface area contributed by atoms with Crippen molar-refractivity contribution >= 4 is 49.4 Å². The van der Waals surface area contributed by atoms with Crippen LogP contribution in [0.15, 0.2) is 75.7 Å². The molecule has 3 aromatic rings. The third-order valence-corrected chi connectivity index (χ3v) is 5.32. The minimum Gasteiger partial charge on any atom is -0.482 e. The number of carbonyl (C=O) groups is 2. The van der Waals surface area contributed by atoms with Gasteiger partial charge in [-0.25, -0.2) is 0 Å². The van der Waals surface area contributed by atoms with Gasteiger partial charge in [-0.3, -0.25) is 9.59 Å². The molecular weight excluding hydrogens is 512 g/mol. The third-order valence-electron chi connectivity index (χ3n) is 4.27. The van der Waals surface area contributed by atoms with Crippen LogP contribution >= 0.6 is 31.9 Å². The van der Waals surface area contributed by atoms with E-state index < -0.39 is 0 Å². The lowest BCUT2D eigenvalue weighted by molar-refractivity contribution is -0.118. The normalized spacial score (nSPS) is 10.4. The fraction of sp³-hybridized carbons (Fsp3) is 0.130. The van der Waals surface area contributed by atoms with Crippen molar-refractivity contribution in [3.05, 3.63) is 92.4 Å². The van der Waals surface area contributed by atoms with Gasteiger partial charge in [-0.15, -0.1) is 0 Å². The highest BCUT2D eigenvalue weighted by Crippen LogP contribution is 2.32. The van der Waals surface area contributed by atoms with Crippen molar-refractivity contribution in [2.75, 3.05) is 11.9 Å². The van der Waals surface area contributed by atoms with Gasteiger partial charge in [0.25, 0.3) is 11.8 Å². The highest BCUT2D eigenvalue weighted by molar-refractivity contribution is 9.11. The van der Waals surface area contributed by atoms with Crippen molar-refractivity contribution in [3.63, 3.8) is 0 Å². The molecule has 0 aliphatic rings. The molecule has 0 radical (unpaired) electrons. The van der Waals surface area contributed by atoms with E-state index in [1.54, 1.807) is 24.3 Å². The van der Waals surface area contributed by atoms with E-state index in [1.165, 1.54) is 0 Å². The van der Waals surface area contributed by atoms with E-state index in [9.17, 15) is 9.59 Å². The van der Waals surface area contributed by atoms with Gasteiger partial charge in [-0.2, -0.15) is 0 Å². The molecule has 0 aromatic heterocycles. The molecule has 0 spiro atoms. The van der Waals surface area contributed by atoms with Crippen LogP contribution in [0, 0.1) is 6.92 Å². The number of nitrogens with one attached hydrogen (secondary N) is 2. The number of halogens is 2. The van der Waals surface area contributed by atoms with Gasteiger partial charge in [0.1, 0.15) is 5.75 Å². The monoisotopic (exact) mass is 530 g/mol. The molecule has 5 nitrogen and oxygen atoms in total. The highest BCUT2D eigenvalue weighted by Gasteiger charge is 2.11. The molecule has 0 bridgehead atoms. The molecule has 0 aliphatic carbocycles. The van der Waals surface area contributed by atoms with E-state index in [0.717, 1.165) is 20.1 Å². The molecule has 2 amide bonds. The van der Waals surface area contributed by atoms with Crippen molar-refractivity contribution in [1.29, 1.82) is 0 Å². The fourth-order valence-electron chi connectivity index (χ4n) is 2.79. The number of anilines is 1. The third kappa shape index (κ3) is 6.18. The van der Waals surface area contributed by atoms with Gasteiger partial charge in [0, 0.05) is 22.3 Å². The second-order valence-electron chi connectivity index (χ2n) is 6.62. The van der Waals surface area contributed by atoms with E-state index >= 15 is 0 Å². The standard InChI is InChI=1S/C23H20Br2N2O3/c1-15-11-18(24)12-20(25)22(15)30-14-21(28)27-19-9-7-17(8-10-19)23(29)26-13-16-5-3-2-4-6-16/h2-12H,13-14H2,1H3,(H,26,29)(H,27,28). The molecule has 0 aliphatic heterocycles. The molecule has 0 unspecified atom stereocenters. The Labute approximate surface area is 192 Å². The van der Waals surface area contributed by atoms with Crippen LogP contribution in [0.2, 0.25) is 0 Å². The lowest BCUT2D eigenvalue weighted by atomic mass is 10.1. The SMILES string of the molecule is Cc1cc(Br)cc(Br)c1OCC(=O)Nc1ccc(C(=O)NCc2ccccc2)cc1. The molecule has 0 heterocycles. The van der Waals surface area contributed by atoms with Crippen molar-refractivity contribution < 1.29 is 14.3 Å². The van der Waals surface area contributed by atoms with Gasteiger partial charge in [0.2, 0.25) is 0 Å². The zero-order valence-electron chi connectivity index (χ0n) is 16.2. The molecule has 0 fully saturated rings. The molecule has 0 saturated carbocycles. The summed E-state index contributed by atoms with van der Waals surface area (Å²) in [5.41, 5.74) is 3.06. The second kappa shape index (κ2) is 10.4. The van der Waals surface area contributed by atoms with Crippen LogP contribution in [0.25, 0.3) is 0 Å². The molecule has 0 saturated heterocycles. The van der Waals surface area contributed by atoms with E-state index in [2.05, 4.69) is 42.5 Å². The molecule has 0 atom stereocenters. The van der Waals surface area contributed by atoms with E-state index in [0.29, 0.717) is 23.5 Å². The van der Waals surface area contributed by atoms with Crippen LogP contribution in [-0.4, -0.2) is 18.4 Å². The number of amides is 2. The Morgan fingerprint density at radius 1 is 0.967 bits per heavy atom. The Morgan fingerprint density at radius 3 is 2.33 bits per heavy atom. The minimum absolute atomic E-state index is 0.125. The summed E-state index contributed by atoms with van der Waals surface area (Å²) in [6.07, 6.45) is 0. The maximum atomic E-state index is 12.3. The first kappa shape index (κ1) is 22.1. The van der Waals surface area contributed by atoms with Crippen molar-refractivity contribution in [3.8, 4) is 5.75 Å². The van der Waals surface area contributed by atoms with Gasteiger partial charge in [0.15, 0.2) is 6.61 Å². The van der Waals surface area contributed by atoms with Crippen molar-refractivity contribution in [1.82, 2.24) is 5.32 Å². The average molecular weight is 532 g/mol. The maximum Gasteiger partial charge on any atom is 0.262 e. The van der Waals surface area contributed by atoms with Gasteiger partial charge in [-0.05, 0) is 70.4 Å². The van der Waals surface area contributed by atoms with Gasteiger partial charge >= 0.3 is 0 Å². The Bertz CT molecular complexity index is 1020.